The normalized spacial score (nSPS) is 13.4. The highest BCUT2D eigenvalue weighted by Gasteiger charge is 2.40. The van der Waals surface area contributed by atoms with E-state index in [0.29, 0.717) is 52.4 Å². The van der Waals surface area contributed by atoms with Crippen molar-refractivity contribution in [2.24, 2.45) is 5.73 Å². The largest absolute Gasteiger partial charge is 0.506 e. The first kappa shape index (κ1) is 47.5. The Morgan fingerprint density at radius 2 is 1.72 bits per heavy atom. The molecule has 5 aromatic rings. The highest BCUT2D eigenvalue weighted by Crippen LogP contribution is 2.45. The SMILES string of the molecule is COc1cccc(Nc2c(C(N)=O)cnc3c(C)cc(S(=O)(=O)c4cccc(C(=O)NCCCCCCNCC(O[Si](C)(C)C(C)(C)C)c5ccc(O)c6c5OCC(=O)N6)c4)cc23)c1. The number of nitrogens with one attached hydrogen (secondary N) is 4. The minimum Gasteiger partial charge on any atom is -0.506 e. The lowest BCUT2D eigenvalue weighted by Gasteiger charge is -2.40. The molecule has 0 aliphatic carbocycles. The third-order valence-corrected chi connectivity index (χ3v) is 17.9. The van der Waals surface area contributed by atoms with Gasteiger partial charge in [0.05, 0.1) is 39.8 Å². The topological polar surface area (TPSA) is 220 Å². The van der Waals surface area contributed by atoms with Crippen LogP contribution in [0.25, 0.3) is 10.9 Å². The van der Waals surface area contributed by atoms with Crippen molar-refractivity contribution >= 4 is 63.8 Å². The molecule has 17 heteroatoms. The number of anilines is 3. The minimum atomic E-state index is -4.14. The molecule has 64 heavy (non-hydrogen) atoms. The van der Waals surface area contributed by atoms with Gasteiger partial charge in [0, 0.05) is 47.6 Å². The second-order valence-corrected chi connectivity index (χ2v) is 24.1. The average Bonchev–Trinajstić information content (AvgIpc) is 3.25. The first-order valence-corrected chi connectivity index (χ1v) is 25.6. The number of pyridine rings is 1. The number of aromatic hydroxyl groups is 1. The molecule has 1 atom stereocenters. The van der Waals surface area contributed by atoms with E-state index in [1.807, 2.05) is 0 Å². The number of nitrogens with zero attached hydrogens (tertiary/aromatic N) is 1. The number of hydrogen-bond donors (Lipinski definition) is 6. The first-order valence-electron chi connectivity index (χ1n) is 21.3. The number of amides is 3. The number of carbonyl (C=O) groups is 3. The predicted octanol–water partition coefficient (Wildman–Crippen LogP) is 7.91. The fraction of sp³-hybridized carbons (Fsp3) is 0.362. The lowest BCUT2D eigenvalue weighted by molar-refractivity contribution is -0.118. The van der Waals surface area contributed by atoms with Gasteiger partial charge in [0.25, 0.3) is 17.7 Å². The fourth-order valence-electron chi connectivity index (χ4n) is 7.15. The van der Waals surface area contributed by atoms with Crippen LogP contribution < -0.4 is 36.5 Å². The number of primary amides is 1. The van der Waals surface area contributed by atoms with Crippen LogP contribution in [0.2, 0.25) is 18.1 Å². The summed E-state index contributed by atoms with van der Waals surface area (Å²) in [5.41, 5.74) is 8.97. The van der Waals surface area contributed by atoms with Gasteiger partial charge in [0.2, 0.25) is 9.84 Å². The molecule has 1 aliphatic rings. The number of aryl methyl sites for hydroxylation is 1. The van der Waals surface area contributed by atoms with Crippen LogP contribution in [-0.2, 0) is 19.1 Å². The molecule has 0 spiro atoms. The number of benzene rings is 4. The zero-order chi connectivity index (χ0) is 46.4. The van der Waals surface area contributed by atoms with E-state index in [9.17, 15) is 27.9 Å². The number of ether oxygens (including phenoxy) is 2. The lowest BCUT2D eigenvalue weighted by Crippen LogP contribution is -2.43. The van der Waals surface area contributed by atoms with Crippen molar-refractivity contribution < 1.29 is 41.8 Å². The average molecular weight is 911 g/mol. The van der Waals surface area contributed by atoms with Crippen LogP contribution in [0.15, 0.2) is 88.8 Å². The summed E-state index contributed by atoms with van der Waals surface area (Å²) >= 11 is 0. The fourth-order valence-corrected chi connectivity index (χ4v) is 9.85. The summed E-state index contributed by atoms with van der Waals surface area (Å²) < 4.78 is 46.3. The molecule has 0 fully saturated rings. The Morgan fingerprint density at radius 1 is 0.984 bits per heavy atom. The van der Waals surface area contributed by atoms with E-state index < -0.39 is 24.1 Å². The van der Waals surface area contributed by atoms with Crippen molar-refractivity contribution in [1.82, 2.24) is 15.6 Å². The Kier molecular flexibility index (Phi) is 14.7. The van der Waals surface area contributed by atoms with Crippen molar-refractivity contribution in [3.8, 4) is 17.2 Å². The minimum absolute atomic E-state index is 0.0384. The number of fused-ring (bicyclic) bond motifs is 2. The predicted molar refractivity (Wildman–Crippen MR) is 250 cm³/mol. The van der Waals surface area contributed by atoms with Gasteiger partial charge >= 0.3 is 0 Å². The molecule has 0 bridgehead atoms. The number of unbranched alkanes of at least 4 members (excludes halogenated alkanes) is 3. The zero-order valence-electron chi connectivity index (χ0n) is 37.4. The summed E-state index contributed by atoms with van der Waals surface area (Å²) in [6.45, 7) is 14.1. The summed E-state index contributed by atoms with van der Waals surface area (Å²) in [6.07, 6.45) is 4.37. The number of carbonyl (C=O) groups excluding carboxylic acids is 3. The second kappa shape index (κ2) is 19.8. The maximum Gasteiger partial charge on any atom is 0.262 e. The molecular formula is C47H58N6O9SSi. The molecule has 1 aliphatic heterocycles. The van der Waals surface area contributed by atoms with Crippen LogP contribution in [0.1, 0.15) is 84.4 Å². The monoisotopic (exact) mass is 910 g/mol. The van der Waals surface area contributed by atoms with Gasteiger partial charge in [-0.3, -0.25) is 19.4 Å². The standard InChI is InChI=1S/C47H58N6O9SSi/c1-29-22-34(25-36-41(29)51-26-37(45(48)56)42(36)52-31-15-13-16-32(24-31)60-5)63(58,59)33-17-12-14-30(23-33)46(57)50-21-11-9-8-10-20-49-27-39(62-64(6,7)47(2,3)4)35-18-19-38(54)43-44(35)61-28-40(55)53-43/h12-19,22-26,39,49,54H,8-11,20-21,27-28H2,1-7H3,(H2,48,56)(H,50,57)(H,51,52)(H,53,55). The molecule has 0 radical (unpaired) electrons. The molecular weight excluding hydrogens is 853 g/mol. The van der Waals surface area contributed by atoms with Crippen LogP contribution in [0.5, 0.6) is 17.2 Å². The van der Waals surface area contributed by atoms with Crippen LogP contribution in [0.4, 0.5) is 17.1 Å². The van der Waals surface area contributed by atoms with Gasteiger partial charge in [-0.25, -0.2) is 8.42 Å². The van der Waals surface area contributed by atoms with E-state index in [1.54, 1.807) is 49.4 Å². The molecule has 15 nitrogen and oxygen atoms in total. The smallest absolute Gasteiger partial charge is 0.262 e. The first-order chi connectivity index (χ1) is 30.3. The van der Waals surface area contributed by atoms with Crippen LogP contribution in [0, 0.1) is 6.92 Å². The van der Waals surface area contributed by atoms with Gasteiger partial charge in [-0.1, -0.05) is 45.7 Å². The molecule has 3 amide bonds. The molecule has 340 valence electrons. The van der Waals surface area contributed by atoms with Gasteiger partial charge in [0.15, 0.2) is 20.7 Å². The highest BCUT2D eigenvalue weighted by molar-refractivity contribution is 7.91. The molecule has 4 aromatic carbocycles. The van der Waals surface area contributed by atoms with Crippen molar-refractivity contribution in [2.45, 2.75) is 87.4 Å². The van der Waals surface area contributed by atoms with E-state index in [0.717, 1.165) is 37.8 Å². The van der Waals surface area contributed by atoms with Gasteiger partial charge in [-0.05, 0) is 105 Å². The number of nitrogens with two attached hydrogens (primary N) is 1. The number of rotatable bonds is 19. The van der Waals surface area contributed by atoms with Crippen LogP contribution >= 0.6 is 0 Å². The summed E-state index contributed by atoms with van der Waals surface area (Å²) in [5, 5.41) is 23.2. The van der Waals surface area contributed by atoms with Crippen LogP contribution in [0.3, 0.4) is 0 Å². The summed E-state index contributed by atoms with van der Waals surface area (Å²) in [6, 6.07) is 19.3. The van der Waals surface area contributed by atoms with Crippen molar-refractivity contribution in [3.63, 3.8) is 0 Å². The Balaban J connectivity index is 1.05. The van der Waals surface area contributed by atoms with Crippen molar-refractivity contribution in [1.29, 1.82) is 0 Å². The van der Waals surface area contributed by atoms with E-state index in [4.69, 9.17) is 19.6 Å². The van der Waals surface area contributed by atoms with Crippen LogP contribution in [-0.4, -0.2) is 77.9 Å². The van der Waals surface area contributed by atoms with Gasteiger partial charge in [-0.15, -0.1) is 0 Å². The van der Waals surface area contributed by atoms with Gasteiger partial charge in [0.1, 0.15) is 17.2 Å². The van der Waals surface area contributed by atoms with E-state index in [-0.39, 0.29) is 61.9 Å². The number of sulfone groups is 1. The summed E-state index contributed by atoms with van der Waals surface area (Å²) in [4.78, 5) is 42.2. The van der Waals surface area contributed by atoms with Crippen molar-refractivity contribution in [2.75, 3.05) is 44.0 Å². The third-order valence-electron chi connectivity index (χ3n) is 11.7. The quantitative estimate of drug-likeness (QED) is 0.0265. The van der Waals surface area contributed by atoms with E-state index in [1.165, 1.54) is 43.6 Å². The zero-order valence-corrected chi connectivity index (χ0v) is 39.2. The van der Waals surface area contributed by atoms with Crippen molar-refractivity contribution in [3.05, 3.63) is 101 Å². The molecule has 0 saturated heterocycles. The highest BCUT2D eigenvalue weighted by atomic mass is 32.2. The van der Waals surface area contributed by atoms with E-state index in [2.05, 4.69) is 60.1 Å². The molecule has 0 saturated carbocycles. The number of methoxy groups -OCH3 is 1. The number of phenols is 1. The van der Waals surface area contributed by atoms with E-state index >= 15 is 0 Å². The lowest BCUT2D eigenvalue weighted by atomic mass is 10.0. The Labute approximate surface area is 375 Å². The molecule has 1 unspecified atom stereocenters. The summed E-state index contributed by atoms with van der Waals surface area (Å²) in [5.74, 6) is -0.522. The molecule has 6 rings (SSSR count). The third kappa shape index (κ3) is 10.8. The summed E-state index contributed by atoms with van der Waals surface area (Å²) in [7, 11) is -4.84. The number of phenolic OH excluding ortho intramolecular Hbond substituents is 1. The molecule has 1 aromatic heterocycles. The maximum atomic E-state index is 14.2. The number of hydrogen-bond acceptors (Lipinski definition) is 12. The second-order valence-electron chi connectivity index (χ2n) is 17.4. The number of aromatic nitrogens is 1. The Bertz CT molecular complexity index is 2670. The van der Waals surface area contributed by atoms with Gasteiger partial charge in [-0.2, -0.15) is 0 Å². The van der Waals surface area contributed by atoms with Gasteiger partial charge < -0.3 is 46.0 Å². The maximum absolute atomic E-state index is 14.2. The molecule has 7 N–H and O–H groups in total. The Hall–Kier alpha value is -6.01. The molecule has 2 heterocycles. The Morgan fingerprint density at radius 3 is 2.44 bits per heavy atom.